The van der Waals surface area contributed by atoms with Crippen LogP contribution in [0.5, 0.6) is 0 Å². The second kappa shape index (κ2) is 8.12. The predicted octanol–water partition coefficient (Wildman–Crippen LogP) is 3.25. The SMILES string of the molecule is O=S(=O)(c1ccc2oc(SCc3nc(-c4ccsc4)no3)nc2c1)N1CCOCC1. The Balaban J connectivity index is 1.32. The molecule has 30 heavy (non-hydrogen) atoms. The van der Waals surface area contributed by atoms with Gasteiger partial charge >= 0.3 is 0 Å². The normalized spacial score (nSPS) is 15.7. The molecule has 4 aromatic rings. The van der Waals surface area contributed by atoms with E-state index in [4.69, 9.17) is 13.7 Å². The smallest absolute Gasteiger partial charge is 0.257 e. The second-order valence-corrected chi connectivity index (χ2v) is 10.1. The van der Waals surface area contributed by atoms with Crippen molar-refractivity contribution in [3.63, 3.8) is 0 Å². The highest BCUT2D eigenvalue weighted by Gasteiger charge is 2.27. The largest absolute Gasteiger partial charge is 0.431 e. The summed E-state index contributed by atoms with van der Waals surface area (Å²) in [4.78, 5) is 8.96. The highest BCUT2D eigenvalue weighted by molar-refractivity contribution is 7.98. The van der Waals surface area contributed by atoms with Gasteiger partial charge in [0.25, 0.3) is 5.22 Å². The topological polar surface area (TPSA) is 112 Å². The maximum Gasteiger partial charge on any atom is 0.257 e. The molecule has 0 N–H and O–H groups in total. The van der Waals surface area contributed by atoms with Crippen molar-refractivity contribution in [2.45, 2.75) is 15.9 Å². The van der Waals surface area contributed by atoms with Gasteiger partial charge < -0.3 is 13.7 Å². The molecule has 0 amide bonds. The Labute approximate surface area is 180 Å². The zero-order valence-electron chi connectivity index (χ0n) is 15.6. The van der Waals surface area contributed by atoms with Crippen LogP contribution >= 0.6 is 23.1 Å². The number of nitrogens with zero attached hydrogens (tertiary/aromatic N) is 4. The number of aromatic nitrogens is 3. The van der Waals surface area contributed by atoms with Crippen molar-refractivity contribution in [3.05, 3.63) is 40.9 Å². The van der Waals surface area contributed by atoms with Crippen LogP contribution in [0.25, 0.3) is 22.5 Å². The Morgan fingerprint density at radius 3 is 2.83 bits per heavy atom. The maximum atomic E-state index is 12.8. The number of fused-ring (bicyclic) bond motifs is 1. The van der Waals surface area contributed by atoms with Gasteiger partial charge in [-0.25, -0.2) is 13.4 Å². The van der Waals surface area contributed by atoms with E-state index in [0.717, 1.165) is 5.56 Å². The number of benzene rings is 1. The minimum absolute atomic E-state index is 0.194. The average Bonchev–Trinajstić information content (AvgIpc) is 3.52. The molecule has 0 unspecified atom stereocenters. The second-order valence-electron chi connectivity index (χ2n) is 6.44. The first-order chi connectivity index (χ1) is 14.6. The number of morpholine rings is 1. The zero-order chi connectivity index (χ0) is 20.6. The summed E-state index contributed by atoms with van der Waals surface area (Å²) >= 11 is 2.87. The summed E-state index contributed by atoms with van der Waals surface area (Å²) in [5.74, 6) is 1.39. The molecule has 0 atom stereocenters. The van der Waals surface area contributed by atoms with Crippen LogP contribution in [0.15, 0.2) is 54.1 Å². The fourth-order valence-electron chi connectivity index (χ4n) is 2.99. The lowest BCUT2D eigenvalue weighted by Crippen LogP contribution is -2.40. The van der Waals surface area contributed by atoms with Gasteiger partial charge in [0.1, 0.15) is 5.52 Å². The number of thiophene rings is 1. The van der Waals surface area contributed by atoms with Crippen molar-refractivity contribution in [1.82, 2.24) is 19.4 Å². The molecule has 156 valence electrons. The molecule has 0 aliphatic carbocycles. The Kier molecular flexibility index (Phi) is 5.33. The number of thioether (sulfide) groups is 1. The van der Waals surface area contributed by atoms with Crippen LogP contribution < -0.4 is 0 Å². The molecule has 1 aliphatic heterocycles. The van der Waals surface area contributed by atoms with E-state index in [0.29, 0.717) is 60.1 Å². The Morgan fingerprint density at radius 1 is 1.17 bits per heavy atom. The molecule has 5 rings (SSSR count). The summed E-state index contributed by atoms with van der Waals surface area (Å²) < 4.78 is 43.3. The van der Waals surface area contributed by atoms with Gasteiger partial charge in [-0.15, -0.1) is 0 Å². The summed E-state index contributed by atoms with van der Waals surface area (Å²) in [5, 5.41) is 8.28. The highest BCUT2D eigenvalue weighted by atomic mass is 32.2. The number of ether oxygens (including phenoxy) is 1. The van der Waals surface area contributed by atoms with Crippen LogP contribution in [-0.4, -0.2) is 54.2 Å². The van der Waals surface area contributed by atoms with Gasteiger partial charge in [0.05, 0.1) is 23.9 Å². The molecule has 0 bridgehead atoms. The Bertz CT molecular complexity index is 1260. The van der Waals surface area contributed by atoms with Crippen molar-refractivity contribution >= 4 is 44.2 Å². The number of rotatable bonds is 6. The number of sulfonamides is 1. The standard InChI is InChI=1S/C18H16N4O5S3/c23-30(24,22-4-6-25-7-5-22)13-1-2-15-14(9-13)19-18(26-15)29-11-16-20-17(21-27-16)12-3-8-28-10-12/h1-3,8-10H,4-7,11H2. The van der Waals surface area contributed by atoms with Gasteiger partial charge in [-0.3, -0.25) is 0 Å². The van der Waals surface area contributed by atoms with E-state index in [9.17, 15) is 8.42 Å². The molecule has 3 aromatic heterocycles. The molecular formula is C18H16N4O5S3. The first-order valence-electron chi connectivity index (χ1n) is 9.06. The third-order valence-corrected chi connectivity index (χ3v) is 7.90. The summed E-state index contributed by atoms with van der Waals surface area (Å²) in [6.45, 7) is 1.49. The van der Waals surface area contributed by atoms with Gasteiger partial charge in [-0.2, -0.15) is 20.6 Å². The van der Waals surface area contributed by atoms with Crippen LogP contribution in [0.4, 0.5) is 0 Å². The number of hydrogen-bond donors (Lipinski definition) is 0. The van der Waals surface area contributed by atoms with Gasteiger partial charge in [-0.1, -0.05) is 16.9 Å². The van der Waals surface area contributed by atoms with Crippen LogP contribution in [0.2, 0.25) is 0 Å². The minimum atomic E-state index is -3.59. The average molecular weight is 465 g/mol. The van der Waals surface area contributed by atoms with E-state index < -0.39 is 10.0 Å². The van der Waals surface area contributed by atoms with Crippen LogP contribution in [-0.2, 0) is 20.5 Å². The van der Waals surface area contributed by atoms with Crippen LogP contribution in [0.1, 0.15) is 5.89 Å². The monoisotopic (exact) mass is 464 g/mol. The molecule has 1 aromatic carbocycles. The molecule has 1 saturated heterocycles. The highest BCUT2D eigenvalue weighted by Crippen LogP contribution is 2.29. The van der Waals surface area contributed by atoms with Gasteiger partial charge in [0.2, 0.25) is 21.7 Å². The fraction of sp³-hybridized carbons (Fsp3) is 0.278. The third-order valence-electron chi connectivity index (χ3n) is 4.51. The molecule has 1 aliphatic rings. The minimum Gasteiger partial charge on any atom is -0.431 e. The third kappa shape index (κ3) is 3.88. The molecular weight excluding hydrogens is 448 g/mol. The summed E-state index contributed by atoms with van der Waals surface area (Å²) in [6, 6.07) is 6.63. The van der Waals surface area contributed by atoms with Crippen molar-refractivity contribution < 1.29 is 22.1 Å². The Hall–Kier alpha value is -2.25. The van der Waals surface area contributed by atoms with Crippen molar-refractivity contribution in [2.24, 2.45) is 0 Å². The maximum absolute atomic E-state index is 12.8. The predicted molar refractivity (Wildman–Crippen MR) is 111 cm³/mol. The summed E-state index contributed by atoms with van der Waals surface area (Å²) in [5.41, 5.74) is 1.91. The van der Waals surface area contributed by atoms with Crippen molar-refractivity contribution in [1.29, 1.82) is 0 Å². The first kappa shape index (κ1) is 19.7. The molecule has 4 heterocycles. The summed E-state index contributed by atoms with van der Waals surface area (Å²) in [6.07, 6.45) is 0. The molecule has 0 spiro atoms. The summed E-state index contributed by atoms with van der Waals surface area (Å²) in [7, 11) is -3.59. The lowest BCUT2D eigenvalue weighted by atomic mass is 10.3. The number of oxazole rings is 1. The van der Waals surface area contributed by atoms with Gasteiger partial charge in [-0.05, 0) is 29.6 Å². The van der Waals surface area contributed by atoms with Gasteiger partial charge in [0, 0.05) is 24.0 Å². The molecule has 0 radical (unpaired) electrons. The Morgan fingerprint density at radius 2 is 2.03 bits per heavy atom. The molecule has 12 heteroatoms. The van der Waals surface area contributed by atoms with E-state index >= 15 is 0 Å². The van der Waals surface area contributed by atoms with E-state index in [1.54, 1.807) is 17.4 Å². The molecule has 1 fully saturated rings. The van der Waals surface area contributed by atoms with Crippen molar-refractivity contribution in [2.75, 3.05) is 26.3 Å². The lowest BCUT2D eigenvalue weighted by Gasteiger charge is -2.25. The zero-order valence-corrected chi connectivity index (χ0v) is 18.0. The van der Waals surface area contributed by atoms with E-state index in [1.165, 1.54) is 28.2 Å². The van der Waals surface area contributed by atoms with E-state index in [1.807, 2.05) is 16.8 Å². The van der Waals surface area contributed by atoms with Crippen LogP contribution in [0, 0.1) is 0 Å². The lowest BCUT2D eigenvalue weighted by molar-refractivity contribution is 0.0730. The first-order valence-corrected chi connectivity index (χ1v) is 12.4. The van der Waals surface area contributed by atoms with Gasteiger partial charge in [0.15, 0.2) is 5.58 Å². The van der Waals surface area contributed by atoms with Crippen LogP contribution in [0.3, 0.4) is 0 Å². The molecule has 9 nitrogen and oxygen atoms in total. The molecule has 0 saturated carbocycles. The number of hydrogen-bond acceptors (Lipinski definition) is 10. The van der Waals surface area contributed by atoms with E-state index in [2.05, 4.69) is 15.1 Å². The van der Waals surface area contributed by atoms with Crippen molar-refractivity contribution in [3.8, 4) is 11.4 Å². The fourth-order valence-corrected chi connectivity index (χ4v) is 5.73. The quantitative estimate of drug-likeness (QED) is 0.397. The van der Waals surface area contributed by atoms with E-state index in [-0.39, 0.29) is 4.90 Å².